The molecule has 5 nitrogen and oxygen atoms in total. The molecule has 0 amide bonds. The number of fused-ring (bicyclic) bond motifs is 3. The van der Waals surface area contributed by atoms with Crippen LogP contribution in [0, 0.1) is 0 Å². The summed E-state index contributed by atoms with van der Waals surface area (Å²) in [6.45, 7) is 4.85. The monoisotopic (exact) mass is 823 g/mol. The summed E-state index contributed by atoms with van der Waals surface area (Å²) in [6.07, 6.45) is 0. The van der Waals surface area contributed by atoms with Crippen molar-refractivity contribution in [3.63, 3.8) is 0 Å². The molecule has 2 aromatic heterocycles. The van der Waals surface area contributed by atoms with Gasteiger partial charge in [-0.15, -0.1) is 0 Å². The molecule has 3 heterocycles. The fraction of sp³-hybridized carbons (Fsp3) is 0.0351. The second kappa shape index (κ2) is 15.8. The Balaban J connectivity index is 0.934. The highest BCUT2D eigenvalue weighted by Crippen LogP contribution is 2.36. The molecular weight excluding hydrogens is 783 g/mol. The van der Waals surface area contributed by atoms with Gasteiger partial charge >= 0.3 is 0 Å². The quantitative estimate of drug-likeness (QED) is 0.143. The minimum absolute atomic E-state index is 0.632. The van der Waals surface area contributed by atoms with Crippen LogP contribution in [0.3, 0.4) is 0 Å². The van der Waals surface area contributed by atoms with E-state index in [0.29, 0.717) is 17.5 Å². The number of rotatable bonds is 8. The predicted octanol–water partition coefficient (Wildman–Crippen LogP) is 12.8. The topological polar surface area (TPSA) is 64.5 Å². The Bertz CT molecular complexity index is 3260. The molecule has 0 fully saturated rings. The van der Waals surface area contributed by atoms with Crippen molar-refractivity contribution in [1.82, 2.24) is 24.9 Å². The molecule has 0 unspecified atom stereocenters. The predicted molar refractivity (Wildman–Crippen MR) is 261 cm³/mol. The van der Waals surface area contributed by atoms with Crippen molar-refractivity contribution in [1.29, 1.82) is 0 Å². The third-order valence-corrected chi connectivity index (χ3v) is 15.6. The molecule has 1 aliphatic rings. The van der Waals surface area contributed by atoms with E-state index < -0.39 is 8.07 Å². The van der Waals surface area contributed by atoms with E-state index in [0.717, 1.165) is 78.4 Å². The molecule has 10 aromatic rings. The van der Waals surface area contributed by atoms with Crippen molar-refractivity contribution in [2.75, 3.05) is 0 Å². The second-order valence-corrected chi connectivity index (χ2v) is 20.8. The summed E-state index contributed by atoms with van der Waals surface area (Å²) in [5, 5.41) is 2.74. The summed E-state index contributed by atoms with van der Waals surface area (Å²) < 4.78 is 0. The number of hydrogen-bond donors (Lipinski definition) is 0. The molecule has 8 aromatic carbocycles. The van der Waals surface area contributed by atoms with Crippen LogP contribution in [0.2, 0.25) is 13.1 Å². The molecular formula is C57H41N5Si. The molecule has 0 N–H and O–H groups in total. The van der Waals surface area contributed by atoms with Gasteiger partial charge in [0.2, 0.25) is 0 Å². The molecule has 0 bridgehead atoms. The van der Waals surface area contributed by atoms with Crippen molar-refractivity contribution in [3.8, 4) is 101 Å². The largest absolute Gasteiger partial charge is 0.228 e. The molecule has 6 heteroatoms. The minimum atomic E-state index is -2.04. The lowest BCUT2D eigenvalue weighted by molar-refractivity contribution is 1.07. The molecule has 11 rings (SSSR count). The van der Waals surface area contributed by atoms with Crippen LogP contribution < -0.4 is 10.4 Å². The van der Waals surface area contributed by atoms with Crippen molar-refractivity contribution >= 4 is 18.4 Å². The van der Waals surface area contributed by atoms with Gasteiger partial charge in [-0.3, -0.25) is 0 Å². The normalized spacial score (nSPS) is 12.4. The van der Waals surface area contributed by atoms with Crippen molar-refractivity contribution < 1.29 is 0 Å². The van der Waals surface area contributed by atoms with Crippen LogP contribution in [-0.2, 0) is 0 Å². The molecule has 1 aliphatic heterocycles. The summed E-state index contributed by atoms with van der Waals surface area (Å²) >= 11 is 0. The first-order valence-electron chi connectivity index (χ1n) is 21.3. The Kier molecular flexibility index (Phi) is 9.55. The van der Waals surface area contributed by atoms with Crippen LogP contribution in [0.1, 0.15) is 0 Å². The van der Waals surface area contributed by atoms with E-state index in [9.17, 15) is 0 Å². The summed E-state index contributed by atoms with van der Waals surface area (Å²) in [4.78, 5) is 25.6. The van der Waals surface area contributed by atoms with E-state index in [1.165, 1.54) is 15.9 Å². The molecule has 298 valence electrons. The standard InChI is InChI=1S/C57H41N5Si/c1-63(2)50-33-13-12-32-49(50)52-53(63)51(38-18-6-3-7-19-38)58-56(59-52)47-30-16-28-45(36-47)43-26-14-24-41(34-43)42-25-15-27-44(35-42)46-29-17-31-48(37-46)57-61-54(39-20-8-4-9-21-39)60-55(62-57)40-22-10-5-11-23-40/h3-37H,1-2H3. The minimum Gasteiger partial charge on any atom is -0.228 e. The SMILES string of the molecule is C[Si]1(C)c2ccccc2-c2nc(-c3cccc(-c4cccc(-c5cccc(-c6cccc(-c7nc(-c8ccccc8)nc(-c8ccccc8)n7)c6)c5)c4)c3)nc(-c3ccccc3)c21. The van der Waals surface area contributed by atoms with Gasteiger partial charge in [0.05, 0.1) is 11.4 Å². The number of hydrogen-bond acceptors (Lipinski definition) is 5. The molecule has 0 atom stereocenters. The average Bonchev–Trinajstić information content (AvgIpc) is 3.60. The van der Waals surface area contributed by atoms with E-state index in [1.54, 1.807) is 0 Å². The van der Waals surface area contributed by atoms with Gasteiger partial charge in [-0.05, 0) is 73.6 Å². The molecule has 0 saturated carbocycles. The maximum Gasteiger partial charge on any atom is 0.164 e. The summed E-state index contributed by atoms with van der Waals surface area (Å²) in [5.41, 5.74) is 15.0. The zero-order valence-electron chi connectivity index (χ0n) is 34.9. The first-order chi connectivity index (χ1) is 31.0. The highest BCUT2D eigenvalue weighted by molar-refractivity contribution is 7.04. The number of benzene rings is 8. The van der Waals surface area contributed by atoms with E-state index in [4.69, 9.17) is 24.9 Å². The van der Waals surface area contributed by atoms with Gasteiger partial charge in [-0.2, -0.15) is 0 Å². The van der Waals surface area contributed by atoms with Crippen LogP contribution in [0.4, 0.5) is 0 Å². The Morgan fingerprint density at radius 2 is 0.587 bits per heavy atom. The fourth-order valence-corrected chi connectivity index (χ4v) is 12.2. The zero-order valence-corrected chi connectivity index (χ0v) is 35.9. The molecule has 0 aliphatic carbocycles. The molecule has 0 radical (unpaired) electrons. The van der Waals surface area contributed by atoms with Crippen LogP contribution in [-0.4, -0.2) is 33.0 Å². The maximum atomic E-state index is 5.38. The van der Waals surface area contributed by atoms with E-state index in [1.807, 2.05) is 60.7 Å². The van der Waals surface area contributed by atoms with Gasteiger partial charge in [-0.1, -0.05) is 201 Å². The smallest absolute Gasteiger partial charge is 0.164 e. The maximum absolute atomic E-state index is 5.38. The molecule has 63 heavy (non-hydrogen) atoms. The van der Waals surface area contributed by atoms with Crippen LogP contribution in [0.15, 0.2) is 212 Å². The molecule has 0 saturated heterocycles. The second-order valence-electron chi connectivity index (χ2n) is 16.5. The fourth-order valence-electron chi connectivity index (χ4n) is 8.92. The van der Waals surface area contributed by atoms with E-state index >= 15 is 0 Å². The molecule has 0 spiro atoms. The highest BCUT2D eigenvalue weighted by atomic mass is 28.3. The lowest BCUT2D eigenvalue weighted by Crippen LogP contribution is -2.50. The van der Waals surface area contributed by atoms with Crippen LogP contribution in [0.5, 0.6) is 0 Å². The third-order valence-electron chi connectivity index (χ3n) is 12.1. The Labute approximate surface area is 368 Å². The van der Waals surface area contributed by atoms with E-state index in [2.05, 4.69) is 165 Å². The summed E-state index contributed by atoms with van der Waals surface area (Å²) in [7, 11) is -2.04. The number of nitrogens with zero attached hydrogens (tertiary/aromatic N) is 5. The summed E-state index contributed by atoms with van der Waals surface area (Å²) in [5.74, 6) is 2.66. The lowest BCUT2D eigenvalue weighted by atomic mass is 9.95. The zero-order chi connectivity index (χ0) is 42.3. The van der Waals surface area contributed by atoms with Gasteiger partial charge in [-0.25, -0.2) is 24.9 Å². The Morgan fingerprint density at radius 3 is 1.05 bits per heavy atom. The summed E-state index contributed by atoms with van der Waals surface area (Å²) in [6, 6.07) is 74.2. The van der Waals surface area contributed by atoms with E-state index in [-0.39, 0.29) is 0 Å². The number of aromatic nitrogens is 5. The van der Waals surface area contributed by atoms with Crippen molar-refractivity contribution in [2.24, 2.45) is 0 Å². The van der Waals surface area contributed by atoms with Crippen molar-refractivity contribution in [3.05, 3.63) is 212 Å². The highest BCUT2D eigenvalue weighted by Gasteiger charge is 2.41. The van der Waals surface area contributed by atoms with Crippen LogP contribution in [0.25, 0.3) is 101 Å². The van der Waals surface area contributed by atoms with Gasteiger partial charge < -0.3 is 0 Å². The lowest BCUT2D eigenvalue weighted by Gasteiger charge is -2.21. The third kappa shape index (κ3) is 7.16. The first-order valence-corrected chi connectivity index (χ1v) is 24.3. The Morgan fingerprint density at radius 1 is 0.270 bits per heavy atom. The van der Waals surface area contributed by atoms with Crippen LogP contribution >= 0.6 is 0 Å². The average molecular weight is 824 g/mol. The van der Waals surface area contributed by atoms with Gasteiger partial charge in [0, 0.05) is 27.8 Å². The van der Waals surface area contributed by atoms with Gasteiger partial charge in [0.1, 0.15) is 8.07 Å². The first kappa shape index (κ1) is 38.0. The van der Waals surface area contributed by atoms with Gasteiger partial charge in [0.15, 0.2) is 23.3 Å². The van der Waals surface area contributed by atoms with Gasteiger partial charge in [0.25, 0.3) is 0 Å². The van der Waals surface area contributed by atoms with Crippen molar-refractivity contribution in [2.45, 2.75) is 13.1 Å². The Hall–Kier alpha value is -7.93.